The van der Waals surface area contributed by atoms with E-state index in [0.717, 1.165) is 5.56 Å². The molecule has 0 N–H and O–H groups in total. The topological polar surface area (TPSA) is 59.8 Å². The summed E-state index contributed by atoms with van der Waals surface area (Å²) < 4.78 is 25.9. The number of benzene rings is 2. The standard InChI is InChI=1S/C24H22FNO4/c1-14-6-7-20-17(12-14)19(27)13-24(30-20)8-10-26(11-9-24)23(28)21-15(2)16-4-3-5-18(25)22(16)29-21/h3-7,12H,8-11,13H2,1-2H3. The van der Waals surface area contributed by atoms with Gasteiger partial charge in [-0.25, -0.2) is 4.39 Å². The summed E-state index contributed by atoms with van der Waals surface area (Å²) in [7, 11) is 0. The van der Waals surface area contributed by atoms with E-state index in [1.165, 1.54) is 6.07 Å². The Bertz CT molecular complexity index is 1190. The number of para-hydroxylation sites is 1. The summed E-state index contributed by atoms with van der Waals surface area (Å²) >= 11 is 0. The van der Waals surface area contributed by atoms with Crippen LogP contribution in [-0.4, -0.2) is 35.3 Å². The second-order valence-electron chi connectivity index (χ2n) is 8.35. The molecular formula is C24H22FNO4. The van der Waals surface area contributed by atoms with E-state index in [9.17, 15) is 14.0 Å². The molecule has 1 fully saturated rings. The van der Waals surface area contributed by atoms with E-state index in [-0.39, 0.29) is 23.0 Å². The zero-order valence-electron chi connectivity index (χ0n) is 17.0. The first-order valence-electron chi connectivity index (χ1n) is 10.2. The number of Topliss-reactive ketones (excluding diaryl/α,β-unsaturated/α-hetero) is 1. The summed E-state index contributed by atoms with van der Waals surface area (Å²) in [6.07, 6.45) is 1.44. The van der Waals surface area contributed by atoms with E-state index >= 15 is 0 Å². The quantitative estimate of drug-likeness (QED) is 0.580. The maximum atomic E-state index is 14.0. The van der Waals surface area contributed by atoms with Gasteiger partial charge >= 0.3 is 0 Å². The van der Waals surface area contributed by atoms with Crippen molar-refractivity contribution in [1.29, 1.82) is 0 Å². The Morgan fingerprint density at radius 1 is 1.13 bits per heavy atom. The number of halogens is 1. The van der Waals surface area contributed by atoms with Gasteiger partial charge in [0, 0.05) is 36.9 Å². The molecule has 0 atom stereocenters. The molecule has 1 saturated heterocycles. The first kappa shape index (κ1) is 18.9. The largest absolute Gasteiger partial charge is 0.486 e. The van der Waals surface area contributed by atoms with E-state index in [4.69, 9.17) is 9.15 Å². The number of furan rings is 1. The Morgan fingerprint density at radius 2 is 1.90 bits per heavy atom. The Labute approximate surface area is 173 Å². The summed E-state index contributed by atoms with van der Waals surface area (Å²) in [5.74, 6) is 0.155. The Hall–Kier alpha value is -3.15. The summed E-state index contributed by atoms with van der Waals surface area (Å²) in [6.45, 7) is 4.62. The third kappa shape index (κ3) is 2.90. The van der Waals surface area contributed by atoms with Crippen molar-refractivity contribution in [2.75, 3.05) is 13.1 Å². The van der Waals surface area contributed by atoms with Crippen LogP contribution < -0.4 is 4.74 Å². The van der Waals surface area contributed by atoms with Crippen LogP contribution >= 0.6 is 0 Å². The van der Waals surface area contributed by atoms with Crippen molar-refractivity contribution >= 4 is 22.7 Å². The van der Waals surface area contributed by atoms with Crippen molar-refractivity contribution < 1.29 is 23.1 Å². The number of ketones is 1. The van der Waals surface area contributed by atoms with E-state index < -0.39 is 11.4 Å². The van der Waals surface area contributed by atoms with Gasteiger partial charge < -0.3 is 14.1 Å². The lowest BCUT2D eigenvalue weighted by atomic mass is 9.82. The third-order valence-corrected chi connectivity index (χ3v) is 6.32. The van der Waals surface area contributed by atoms with Gasteiger partial charge in [-0.05, 0) is 32.0 Å². The van der Waals surface area contributed by atoms with Gasteiger partial charge in [0.15, 0.2) is 22.9 Å². The van der Waals surface area contributed by atoms with Crippen LogP contribution in [0.4, 0.5) is 4.39 Å². The number of rotatable bonds is 1. The van der Waals surface area contributed by atoms with Crippen molar-refractivity contribution in [3.8, 4) is 5.75 Å². The fourth-order valence-electron chi connectivity index (χ4n) is 4.56. The van der Waals surface area contributed by atoms with Gasteiger partial charge in [0.1, 0.15) is 11.4 Å². The molecule has 3 aromatic rings. The Balaban J connectivity index is 1.36. The van der Waals surface area contributed by atoms with Crippen molar-refractivity contribution in [1.82, 2.24) is 4.90 Å². The highest BCUT2D eigenvalue weighted by atomic mass is 19.1. The summed E-state index contributed by atoms with van der Waals surface area (Å²) in [5.41, 5.74) is 1.84. The highest BCUT2D eigenvalue weighted by Gasteiger charge is 2.44. The zero-order valence-corrected chi connectivity index (χ0v) is 17.0. The molecule has 1 amide bonds. The number of likely N-dealkylation sites (tertiary alicyclic amines) is 1. The minimum absolute atomic E-state index is 0.0864. The molecular weight excluding hydrogens is 385 g/mol. The minimum atomic E-state index is -0.578. The average molecular weight is 407 g/mol. The number of piperidine rings is 1. The first-order valence-corrected chi connectivity index (χ1v) is 10.2. The highest BCUT2D eigenvalue weighted by molar-refractivity contribution is 6.01. The lowest BCUT2D eigenvalue weighted by Gasteiger charge is -2.43. The molecule has 5 rings (SSSR count). The molecule has 3 heterocycles. The van der Waals surface area contributed by atoms with Crippen molar-refractivity contribution in [2.45, 2.75) is 38.7 Å². The highest BCUT2D eigenvalue weighted by Crippen LogP contribution is 2.40. The summed E-state index contributed by atoms with van der Waals surface area (Å²) in [5, 5.41) is 0.611. The van der Waals surface area contributed by atoms with Crippen LogP contribution in [0.25, 0.3) is 11.0 Å². The maximum Gasteiger partial charge on any atom is 0.289 e. The summed E-state index contributed by atoms with van der Waals surface area (Å²) in [4.78, 5) is 27.5. The van der Waals surface area contributed by atoms with Gasteiger partial charge in [-0.3, -0.25) is 9.59 Å². The van der Waals surface area contributed by atoms with Crippen LogP contribution in [0.15, 0.2) is 40.8 Å². The predicted octanol–water partition coefficient (Wildman–Crippen LogP) is 4.83. The van der Waals surface area contributed by atoms with Crippen LogP contribution in [-0.2, 0) is 0 Å². The fourth-order valence-corrected chi connectivity index (χ4v) is 4.56. The molecule has 154 valence electrons. The number of ether oxygens (including phenoxy) is 1. The molecule has 5 nitrogen and oxygen atoms in total. The lowest BCUT2D eigenvalue weighted by molar-refractivity contribution is -0.00641. The molecule has 0 saturated carbocycles. The van der Waals surface area contributed by atoms with Crippen LogP contribution in [0.5, 0.6) is 5.75 Å². The van der Waals surface area contributed by atoms with Crippen LogP contribution in [0.3, 0.4) is 0 Å². The first-order chi connectivity index (χ1) is 14.4. The molecule has 2 aromatic carbocycles. The van der Waals surface area contributed by atoms with E-state index in [2.05, 4.69) is 0 Å². The molecule has 0 bridgehead atoms. The molecule has 0 aliphatic carbocycles. The number of carbonyl (C=O) groups is 2. The number of hydrogen-bond donors (Lipinski definition) is 0. The smallest absolute Gasteiger partial charge is 0.289 e. The molecule has 0 unspecified atom stereocenters. The van der Waals surface area contributed by atoms with Gasteiger partial charge in [-0.1, -0.05) is 23.8 Å². The normalized spacial score (nSPS) is 17.8. The molecule has 1 aromatic heterocycles. The average Bonchev–Trinajstić information content (AvgIpc) is 3.07. The molecule has 30 heavy (non-hydrogen) atoms. The molecule has 6 heteroatoms. The number of carbonyl (C=O) groups excluding carboxylic acids is 2. The van der Waals surface area contributed by atoms with E-state index in [1.54, 1.807) is 24.0 Å². The van der Waals surface area contributed by atoms with E-state index in [1.807, 2.05) is 25.1 Å². The van der Waals surface area contributed by atoms with Crippen molar-refractivity contribution in [3.05, 3.63) is 64.7 Å². The molecule has 2 aliphatic heterocycles. The number of hydrogen-bond acceptors (Lipinski definition) is 4. The fraction of sp³-hybridized carbons (Fsp3) is 0.333. The Kier molecular flexibility index (Phi) is 4.20. The van der Waals surface area contributed by atoms with Crippen molar-refractivity contribution in [2.24, 2.45) is 0 Å². The number of amides is 1. The number of nitrogens with zero attached hydrogens (tertiary/aromatic N) is 1. The zero-order chi connectivity index (χ0) is 21.0. The van der Waals surface area contributed by atoms with E-state index in [0.29, 0.717) is 54.6 Å². The van der Waals surface area contributed by atoms with Crippen LogP contribution in [0.1, 0.15) is 51.3 Å². The van der Waals surface area contributed by atoms with Crippen molar-refractivity contribution in [3.63, 3.8) is 0 Å². The number of aryl methyl sites for hydroxylation is 2. The SMILES string of the molecule is Cc1ccc2c(c1)C(=O)CC1(CCN(C(=O)c3oc4c(F)cccc4c3C)CC1)O2. The minimum Gasteiger partial charge on any atom is -0.486 e. The predicted molar refractivity (Wildman–Crippen MR) is 110 cm³/mol. The van der Waals surface area contributed by atoms with Gasteiger partial charge in [0.05, 0.1) is 12.0 Å². The van der Waals surface area contributed by atoms with Crippen LogP contribution in [0, 0.1) is 19.7 Å². The third-order valence-electron chi connectivity index (χ3n) is 6.32. The monoisotopic (exact) mass is 407 g/mol. The second kappa shape index (κ2) is 6.69. The van der Waals surface area contributed by atoms with Crippen LogP contribution in [0.2, 0.25) is 0 Å². The lowest BCUT2D eigenvalue weighted by Crippen LogP contribution is -2.52. The number of fused-ring (bicyclic) bond motifs is 2. The van der Waals surface area contributed by atoms with Gasteiger partial charge in [0.2, 0.25) is 0 Å². The van der Waals surface area contributed by atoms with Gasteiger partial charge in [-0.2, -0.15) is 0 Å². The molecule has 2 aliphatic rings. The molecule has 1 spiro atoms. The summed E-state index contributed by atoms with van der Waals surface area (Å²) in [6, 6.07) is 10.3. The van der Waals surface area contributed by atoms with Gasteiger partial charge in [0.25, 0.3) is 5.91 Å². The second-order valence-corrected chi connectivity index (χ2v) is 8.35. The molecule has 0 radical (unpaired) electrons. The Morgan fingerprint density at radius 3 is 2.63 bits per heavy atom. The van der Waals surface area contributed by atoms with Gasteiger partial charge in [-0.15, -0.1) is 0 Å². The maximum absolute atomic E-state index is 14.0.